The molecular weight excluding hydrogens is 910 g/mol. The number of hydrogen-bond donors (Lipinski definition) is 0. The summed E-state index contributed by atoms with van der Waals surface area (Å²) in [6, 6.07) is 60.3. The Morgan fingerprint density at radius 1 is 0.450 bits per heavy atom. The molecule has 0 bridgehead atoms. The molecular formula is C51H51Cl2O4P2Ru-3. The van der Waals surface area contributed by atoms with Gasteiger partial charge in [0, 0.05) is 11.1 Å². The van der Waals surface area contributed by atoms with Crippen LogP contribution < -0.4 is 63.2 Å². The van der Waals surface area contributed by atoms with Gasteiger partial charge in [-0.3, -0.25) is 0 Å². The number of benzene rings is 7. The van der Waals surface area contributed by atoms with Crippen LogP contribution in [0.25, 0.3) is 11.1 Å². The van der Waals surface area contributed by atoms with Gasteiger partial charge in [0.25, 0.3) is 0 Å². The Balaban J connectivity index is 0.000000528. The molecule has 0 saturated carbocycles. The van der Waals surface area contributed by atoms with Crippen LogP contribution in [-0.2, 0) is 17.3 Å². The van der Waals surface area contributed by atoms with Crippen LogP contribution in [0, 0.1) is 29.2 Å². The van der Waals surface area contributed by atoms with Crippen molar-refractivity contribution in [1.29, 1.82) is 0 Å². The maximum atomic E-state index is 6.35. The van der Waals surface area contributed by atoms with E-state index in [0.717, 1.165) is 34.1 Å². The summed E-state index contributed by atoms with van der Waals surface area (Å²) in [7, 11) is 2.63. The molecule has 7 aromatic carbocycles. The van der Waals surface area contributed by atoms with Crippen molar-refractivity contribution < 1.29 is 48.7 Å². The first kappa shape index (κ1) is 50.2. The second kappa shape index (κ2) is 24.3. The van der Waals surface area contributed by atoms with Crippen LogP contribution in [0.3, 0.4) is 0 Å². The molecule has 2 aliphatic heterocycles. The summed E-state index contributed by atoms with van der Waals surface area (Å²) in [5.41, 5.74) is 4.78. The maximum absolute atomic E-state index is 6.35. The molecule has 0 radical (unpaired) electrons. The number of hydrogen-bond acceptors (Lipinski definition) is 4. The fourth-order valence-corrected chi connectivity index (χ4v) is 11.8. The van der Waals surface area contributed by atoms with Gasteiger partial charge in [-0.25, -0.2) is 0 Å². The second-order valence-electron chi connectivity index (χ2n) is 13.5. The molecule has 0 saturated heterocycles. The summed E-state index contributed by atoms with van der Waals surface area (Å²) < 4.78 is 24.7. The molecule has 0 aliphatic carbocycles. The molecule has 60 heavy (non-hydrogen) atoms. The summed E-state index contributed by atoms with van der Waals surface area (Å²) in [4.78, 5) is 0. The van der Waals surface area contributed by atoms with Crippen molar-refractivity contribution in [2.75, 3.05) is 13.6 Å². The van der Waals surface area contributed by atoms with E-state index in [-0.39, 0.29) is 48.3 Å². The van der Waals surface area contributed by atoms with Crippen molar-refractivity contribution in [3.8, 4) is 34.1 Å². The first-order valence-corrected chi connectivity index (χ1v) is 23.3. The van der Waals surface area contributed by atoms with E-state index in [0.29, 0.717) is 5.92 Å². The second-order valence-corrected chi connectivity index (χ2v) is 17.8. The van der Waals surface area contributed by atoms with Crippen molar-refractivity contribution in [3.05, 3.63) is 203 Å². The van der Waals surface area contributed by atoms with E-state index in [1.807, 2.05) is 17.3 Å². The largest absolute Gasteiger partial charge is 0.454 e. The van der Waals surface area contributed by atoms with Crippen molar-refractivity contribution in [2.45, 2.75) is 26.7 Å². The zero-order valence-electron chi connectivity index (χ0n) is 34.8. The van der Waals surface area contributed by atoms with Gasteiger partial charge in [-0.2, -0.15) is 0 Å². The van der Waals surface area contributed by atoms with Crippen LogP contribution in [0.1, 0.15) is 30.9 Å². The number of fused-ring (bicyclic) bond motifs is 2. The normalized spacial score (nSPS) is 11.4. The van der Waals surface area contributed by atoms with Crippen LogP contribution in [0.2, 0.25) is 0 Å². The minimum atomic E-state index is -0.968. The number of aryl methyl sites for hydroxylation is 1. The van der Waals surface area contributed by atoms with E-state index in [2.05, 4.69) is 200 Å². The minimum Gasteiger partial charge on any atom is -0.454 e. The first-order valence-electron chi connectivity index (χ1n) is 18.4. The molecule has 0 atom stereocenters. The molecule has 2 aliphatic rings. The van der Waals surface area contributed by atoms with Gasteiger partial charge in [0.1, 0.15) is 0 Å². The Hall–Kier alpha value is -4.20. The average molecular weight is 962 g/mol. The van der Waals surface area contributed by atoms with Crippen LogP contribution in [0.4, 0.5) is 0 Å². The van der Waals surface area contributed by atoms with E-state index in [9.17, 15) is 0 Å². The van der Waals surface area contributed by atoms with Crippen LogP contribution in [-0.4, -0.2) is 13.6 Å². The molecule has 9 heteroatoms. The molecule has 314 valence electrons. The molecule has 0 unspecified atom stereocenters. The summed E-state index contributed by atoms with van der Waals surface area (Å²) in [5.74, 6) is 3.64. The number of rotatable bonds is 8. The molecule has 2 heterocycles. The Bertz CT molecular complexity index is 2110. The molecule has 0 N–H and O–H groups in total. The van der Waals surface area contributed by atoms with Crippen molar-refractivity contribution in [3.63, 3.8) is 0 Å². The standard InChI is InChI=1S/C38H28O4P2.C10H14.3CH3.2ClH.Ru/c1-5-13-27(14-6-1)43(28-15-7-2-8-16-28)33-23-21-31-37(41-25-39-31)35(33)36-34(24-22-32-38(36)42-26-40-32)44(29-17-9-3-10-18-29)30-19-11-4-12-20-30;1-8(2)10-6-4-9(3)5-7-10;;;;;;/h1-24H,25-26H2;4-8H,1-3H3;3*1H3;2*1H;/q;;3*-1;;;+2/p-2. The maximum Gasteiger partial charge on any atom is 0.231 e. The SMILES string of the molecule is Cc1ccc(C(C)C)cc1.[CH3-].[CH3-].[CH3-].[Cl-].[Cl][Ru+].c1ccc(P(c2ccccc2)c2ccc3c(c2-c2c(P(c4ccccc4)c4ccccc4)ccc4c2OCO4)OCO3)cc1. The van der Waals surface area contributed by atoms with Crippen LogP contribution in [0.15, 0.2) is 170 Å². The summed E-state index contributed by atoms with van der Waals surface area (Å²) in [6.45, 7) is 6.89. The van der Waals surface area contributed by atoms with Gasteiger partial charge >= 0.3 is 27.0 Å². The molecule has 0 amide bonds. The Labute approximate surface area is 381 Å². The predicted molar refractivity (Wildman–Crippen MR) is 252 cm³/mol. The van der Waals surface area contributed by atoms with Crippen molar-refractivity contribution in [2.24, 2.45) is 0 Å². The number of ether oxygens (including phenoxy) is 4. The molecule has 7 aromatic rings. The van der Waals surface area contributed by atoms with Crippen LogP contribution in [0.5, 0.6) is 23.0 Å². The monoisotopic (exact) mass is 961 g/mol. The smallest absolute Gasteiger partial charge is 0.231 e. The topological polar surface area (TPSA) is 36.9 Å². The summed E-state index contributed by atoms with van der Waals surface area (Å²) in [5, 5.41) is 7.40. The first-order chi connectivity index (χ1) is 27.6. The predicted octanol–water partition coefficient (Wildman–Crippen LogP) is 8.49. The third-order valence-corrected chi connectivity index (χ3v) is 14.5. The third kappa shape index (κ3) is 11.2. The Morgan fingerprint density at radius 3 is 1.07 bits per heavy atom. The molecule has 0 fully saturated rings. The molecule has 9 rings (SSSR count). The van der Waals surface area contributed by atoms with Crippen LogP contribution >= 0.6 is 25.5 Å². The summed E-state index contributed by atoms with van der Waals surface area (Å²) >= 11 is 1.82. The van der Waals surface area contributed by atoms with Crippen molar-refractivity contribution >= 4 is 57.4 Å². The summed E-state index contributed by atoms with van der Waals surface area (Å²) in [6.07, 6.45) is 0. The van der Waals surface area contributed by atoms with E-state index in [1.165, 1.54) is 43.0 Å². The average Bonchev–Trinajstić information content (AvgIpc) is 3.95. The zero-order valence-corrected chi connectivity index (χ0v) is 39.8. The minimum absolute atomic E-state index is 0. The van der Waals surface area contributed by atoms with E-state index < -0.39 is 15.8 Å². The van der Waals surface area contributed by atoms with Gasteiger partial charge in [-0.05, 0) is 90.3 Å². The Morgan fingerprint density at radius 2 is 0.767 bits per heavy atom. The molecule has 0 spiro atoms. The fraction of sp³-hybridized carbons (Fsp3) is 0.118. The van der Waals surface area contributed by atoms with Gasteiger partial charge in [-0.1, -0.05) is 165 Å². The number of halogens is 2. The molecule has 0 aromatic heterocycles. The van der Waals surface area contributed by atoms with E-state index in [4.69, 9.17) is 18.9 Å². The van der Waals surface area contributed by atoms with Gasteiger partial charge in [0.2, 0.25) is 13.6 Å². The van der Waals surface area contributed by atoms with Gasteiger partial charge in [-0.15, -0.1) is 0 Å². The van der Waals surface area contributed by atoms with E-state index in [1.54, 1.807) is 0 Å². The quantitative estimate of drug-likeness (QED) is 0.0871. The third-order valence-electron chi connectivity index (χ3n) is 9.57. The molecule has 4 nitrogen and oxygen atoms in total. The fourth-order valence-electron chi connectivity index (χ4n) is 6.89. The van der Waals surface area contributed by atoms with E-state index >= 15 is 0 Å². The van der Waals surface area contributed by atoms with Gasteiger partial charge in [0.15, 0.2) is 23.0 Å². The van der Waals surface area contributed by atoms with Crippen molar-refractivity contribution in [1.82, 2.24) is 0 Å². The van der Waals surface area contributed by atoms with Gasteiger partial charge in [0.05, 0.1) is 0 Å². The van der Waals surface area contributed by atoms with Gasteiger partial charge < -0.3 is 53.6 Å². The zero-order chi connectivity index (χ0) is 38.9. The Kier molecular flexibility index (Phi) is 20.3.